The molecule has 4 fully saturated rings. The molecule has 0 aromatic heterocycles. The summed E-state index contributed by atoms with van der Waals surface area (Å²) in [6.07, 6.45) is 8.50. The van der Waals surface area contributed by atoms with Gasteiger partial charge in [-0.05, 0) is 73.8 Å². The average molecular weight is 283 g/mol. The van der Waals surface area contributed by atoms with Crippen LogP contribution in [0.5, 0.6) is 0 Å². The van der Waals surface area contributed by atoms with Crippen molar-refractivity contribution in [2.24, 2.45) is 23.2 Å². The second-order valence-corrected chi connectivity index (χ2v) is 7.94. The van der Waals surface area contributed by atoms with Gasteiger partial charge in [0.1, 0.15) is 0 Å². The van der Waals surface area contributed by atoms with E-state index in [0.29, 0.717) is 5.41 Å². The highest BCUT2D eigenvalue weighted by molar-refractivity contribution is 5.94. The maximum absolute atomic E-state index is 12.6. The minimum atomic E-state index is 0.186. The quantitative estimate of drug-likeness (QED) is 0.822. The first-order valence-corrected chi connectivity index (χ1v) is 8.44. The molecular weight excluding hydrogens is 258 g/mol. The first-order valence-electron chi connectivity index (χ1n) is 8.44. The monoisotopic (exact) mass is 283 g/mol. The maximum Gasteiger partial charge on any atom is 0.253 e. The SMILES string of the molecule is CN(CC12CC3CC(CC(C3)C1)C2)C(=O)c1ccccc1. The van der Waals surface area contributed by atoms with E-state index in [9.17, 15) is 4.79 Å². The third-order valence-electron chi connectivity index (χ3n) is 6.11. The fourth-order valence-corrected chi connectivity index (χ4v) is 5.86. The number of nitrogens with zero attached hydrogens (tertiary/aromatic N) is 1. The van der Waals surface area contributed by atoms with Crippen molar-refractivity contribution in [2.75, 3.05) is 13.6 Å². The number of amides is 1. The van der Waals surface area contributed by atoms with Crippen molar-refractivity contribution in [3.63, 3.8) is 0 Å². The van der Waals surface area contributed by atoms with Crippen LogP contribution in [0, 0.1) is 23.2 Å². The third kappa shape index (κ3) is 2.39. The number of hydrogen-bond acceptors (Lipinski definition) is 1. The Balaban J connectivity index is 1.49. The van der Waals surface area contributed by atoms with E-state index < -0.39 is 0 Å². The molecule has 4 aliphatic carbocycles. The third-order valence-corrected chi connectivity index (χ3v) is 6.11. The van der Waals surface area contributed by atoms with Crippen LogP contribution >= 0.6 is 0 Å². The summed E-state index contributed by atoms with van der Waals surface area (Å²) in [5.41, 5.74) is 1.26. The Bertz CT molecular complexity index is 500. The number of benzene rings is 1. The molecule has 0 radical (unpaired) electrons. The van der Waals surface area contributed by atoms with Gasteiger partial charge in [-0.1, -0.05) is 18.2 Å². The lowest BCUT2D eigenvalue weighted by atomic mass is 9.49. The highest BCUT2D eigenvalue weighted by atomic mass is 16.2. The van der Waals surface area contributed by atoms with Gasteiger partial charge in [-0.25, -0.2) is 0 Å². The fourth-order valence-electron chi connectivity index (χ4n) is 5.86. The van der Waals surface area contributed by atoms with Gasteiger partial charge in [-0.3, -0.25) is 4.79 Å². The summed E-state index contributed by atoms with van der Waals surface area (Å²) >= 11 is 0. The van der Waals surface area contributed by atoms with Gasteiger partial charge >= 0.3 is 0 Å². The lowest BCUT2D eigenvalue weighted by Gasteiger charge is -2.57. The number of carbonyl (C=O) groups is 1. The summed E-state index contributed by atoms with van der Waals surface area (Å²) in [7, 11) is 1.99. The zero-order chi connectivity index (χ0) is 14.4. The van der Waals surface area contributed by atoms with Crippen LogP contribution in [0.4, 0.5) is 0 Å². The van der Waals surface area contributed by atoms with E-state index in [1.807, 2.05) is 42.3 Å². The van der Waals surface area contributed by atoms with Crippen LogP contribution in [0.25, 0.3) is 0 Å². The lowest BCUT2D eigenvalue weighted by molar-refractivity contribution is -0.0629. The topological polar surface area (TPSA) is 20.3 Å². The van der Waals surface area contributed by atoms with Crippen molar-refractivity contribution in [3.05, 3.63) is 35.9 Å². The molecule has 0 saturated heterocycles. The van der Waals surface area contributed by atoms with Crippen LogP contribution in [0.2, 0.25) is 0 Å². The zero-order valence-electron chi connectivity index (χ0n) is 12.9. The molecule has 1 aromatic rings. The number of rotatable bonds is 3. The van der Waals surface area contributed by atoms with Crippen molar-refractivity contribution < 1.29 is 4.79 Å². The molecule has 1 amide bonds. The highest BCUT2D eigenvalue weighted by Crippen LogP contribution is 2.60. The van der Waals surface area contributed by atoms with Crippen molar-refractivity contribution in [2.45, 2.75) is 38.5 Å². The molecular formula is C19H25NO. The Morgan fingerprint density at radius 1 is 1.05 bits per heavy atom. The summed E-state index contributed by atoms with van der Waals surface area (Å²) in [5.74, 6) is 3.05. The Labute approximate surface area is 127 Å². The Morgan fingerprint density at radius 2 is 1.57 bits per heavy atom. The van der Waals surface area contributed by atoms with E-state index in [0.717, 1.165) is 29.9 Å². The van der Waals surface area contributed by atoms with Gasteiger partial charge in [-0.2, -0.15) is 0 Å². The van der Waals surface area contributed by atoms with Gasteiger partial charge in [0.25, 0.3) is 5.91 Å². The molecule has 0 spiro atoms. The lowest BCUT2D eigenvalue weighted by Crippen LogP contribution is -2.51. The molecule has 0 N–H and O–H groups in total. The molecule has 4 aliphatic rings. The standard InChI is InChI=1S/C19H25NO/c1-20(18(21)17-5-3-2-4-6-17)13-19-10-14-7-15(11-19)9-16(8-14)12-19/h2-6,14-16H,7-13H2,1H3. The molecule has 2 nitrogen and oxygen atoms in total. The van der Waals surface area contributed by atoms with E-state index in [1.165, 1.54) is 38.5 Å². The van der Waals surface area contributed by atoms with E-state index in [-0.39, 0.29) is 5.91 Å². The van der Waals surface area contributed by atoms with Crippen LogP contribution in [-0.2, 0) is 0 Å². The summed E-state index contributed by atoms with van der Waals surface area (Å²) < 4.78 is 0. The van der Waals surface area contributed by atoms with Crippen LogP contribution in [0.1, 0.15) is 48.9 Å². The van der Waals surface area contributed by atoms with Gasteiger partial charge < -0.3 is 4.90 Å². The molecule has 0 aliphatic heterocycles. The molecule has 2 heteroatoms. The predicted octanol–water partition coefficient (Wildman–Crippen LogP) is 3.98. The first-order chi connectivity index (χ1) is 10.1. The molecule has 0 atom stereocenters. The van der Waals surface area contributed by atoms with Gasteiger partial charge in [0.15, 0.2) is 0 Å². The molecule has 112 valence electrons. The second-order valence-electron chi connectivity index (χ2n) is 7.94. The van der Waals surface area contributed by atoms with Gasteiger partial charge in [0.05, 0.1) is 0 Å². The number of carbonyl (C=O) groups excluding carboxylic acids is 1. The molecule has 4 bridgehead atoms. The van der Waals surface area contributed by atoms with E-state index in [2.05, 4.69) is 0 Å². The molecule has 21 heavy (non-hydrogen) atoms. The molecule has 5 rings (SSSR count). The summed E-state index contributed by atoms with van der Waals surface area (Å²) in [6, 6.07) is 9.73. The van der Waals surface area contributed by atoms with Gasteiger partial charge in [-0.15, -0.1) is 0 Å². The summed E-state index contributed by atoms with van der Waals surface area (Å²) in [5, 5.41) is 0. The van der Waals surface area contributed by atoms with Gasteiger partial charge in [0, 0.05) is 19.2 Å². The van der Waals surface area contributed by atoms with Crippen LogP contribution < -0.4 is 0 Å². The van der Waals surface area contributed by atoms with E-state index in [4.69, 9.17) is 0 Å². The predicted molar refractivity (Wildman–Crippen MR) is 84.0 cm³/mol. The minimum Gasteiger partial charge on any atom is -0.341 e. The fraction of sp³-hybridized carbons (Fsp3) is 0.632. The van der Waals surface area contributed by atoms with Crippen molar-refractivity contribution >= 4 is 5.91 Å². The Kier molecular flexibility index (Phi) is 3.09. The Morgan fingerprint density at radius 3 is 2.10 bits per heavy atom. The van der Waals surface area contributed by atoms with Crippen molar-refractivity contribution in [1.29, 1.82) is 0 Å². The van der Waals surface area contributed by atoms with Crippen molar-refractivity contribution in [3.8, 4) is 0 Å². The Hall–Kier alpha value is -1.31. The normalized spacial score (nSPS) is 36.7. The summed E-state index contributed by atoms with van der Waals surface area (Å²) in [6.45, 7) is 0.963. The van der Waals surface area contributed by atoms with Crippen LogP contribution in [-0.4, -0.2) is 24.4 Å². The molecule has 4 saturated carbocycles. The number of hydrogen-bond donors (Lipinski definition) is 0. The van der Waals surface area contributed by atoms with Gasteiger partial charge in [0.2, 0.25) is 0 Å². The van der Waals surface area contributed by atoms with E-state index >= 15 is 0 Å². The van der Waals surface area contributed by atoms with Crippen molar-refractivity contribution in [1.82, 2.24) is 4.90 Å². The molecule has 0 unspecified atom stereocenters. The minimum absolute atomic E-state index is 0.186. The average Bonchev–Trinajstić information content (AvgIpc) is 2.45. The highest BCUT2D eigenvalue weighted by Gasteiger charge is 2.51. The maximum atomic E-state index is 12.6. The van der Waals surface area contributed by atoms with E-state index in [1.54, 1.807) is 0 Å². The molecule has 1 aromatic carbocycles. The molecule has 0 heterocycles. The first kappa shape index (κ1) is 13.4. The summed E-state index contributed by atoms with van der Waals surface area (Å²) in [4.78, 5) is 14.6. The van der Waals surface area contributed by atoms with Crippen LogP contribution in [0.15, 0.2) is 30.3 Å². The van der Waals surface area contributed by atoms with Crippen LogP contribution in [0.3, 0.4) is 0 Å². The zero-order valence-corrected chi connectivity index (χ0v) is 12.9. The largest absolute Gasteiger partial charge is 0.341 e. The smallest absolute Gasteiger partial charge is 0.253 e. The second kappa shape index (κ2) is 4.86.